The topological polar surface area (TPSA) is 170 Å². The first kappa shape index (κ1) is 41.1. The number of hydrogen-bond acceptors (Lipinski definition) is 10. The van der Waals surface area contributed by atoms with E-state index >= 15 is 0 Å². The standard InChI is InChI=1S/C38H43Cl2N3O10/c1-24(2)20-30(42-38(49)52-23-26-6-4-3-5-7-26)35(45)41-31(36(46)47)21-25-8-10-27(11-9-25)53-37(48)28(22-44)33-29(39)12-13-32(34(33)40)51-19-16-43-14-17-50-18-15-43/h3-13,22,24,28,30-31H,14-21,23H2,1-2H3,(H,41,45)(H,42,49)(H,46,47)/t28?,30-,31-/m0/s1. The quantitative estimate of drug-likeness (QED) is 0.0685. The molecule has 0 aromatic heterocycles. The number of hydrogen-bond donors (Lipinski definition) is 3. The van der Waals surface area contributed by atoms with Crippen molar-refractivity contribution in [3.05, 3.63) is 93.5 Å². The van der Waals surface area contributed by atoms with Crippen molar-refractivity contribution in [1.82, 2.24) is 15.5 Å². The van der Waals surface area contributed by atoms with Crippen LogP contribution in [0, 0.1) is 5.92 Å². The van der Waals surface area contributed by atoms with Gasteiger partial charge in [0.05, 0.1) is 18.2 Å². The number of carboxylic acid groups (broad SMARTS) is 1. The summed E-state index contributed by atoms with van der Waals surface area (Å²) in [7, 11) is 0. The van der Waals surface area contributed by atoms with Crippen LogP contribution in [0.1, 0.15) is 42.9 Å². The summed E-state index contributed by atoms with van der Waals surface area (Å²) in [6, 6.07) is 15.6. The predicted octanol–water partition coefficient (Wildman–Crippen LogP) is 5.05. The first-order valence-corrected chi connectivity index (χ1v) is 17.9. The molecule has 284 valence electrons. The maximum absolute atomic E-state index is 13.2. The van der Waals surface area contributed by atoms with E-state index in [4.69, 9.17) is 42.1 Å². The van der Waals surface area contributed by atoms with Crippen LogP contribution in [0.25, 0.3) is 0 Å². The molecule has 3 atom stereocenters. The van der Waals surface area contributed by atoms with Crippen LogP contribution in [-0.2, 0) is 41.7 Å². The van der Waals surface area contributed by atoms with Gasteiger partial charge < -0.3 is 39.5 Å². The summed E-state index contributed by atoms with van der Waals surface area (Å²) >= 11 is 13.0. The number of carbonyl (C=O) groups is 5. The number of aliphatic carboxylic acids is 1. The Morgan fingerprint density at radius 3 is 2.26 bits per heavy atom. The monoisotopic (exact) mass is 771 g/mol. The van der Waals surface area contributed by atoms with Gasteiger partial charge in [0.2, 0.25) is 5.91 Å². The van der Waals surface area contributed by atoms with Crippen LogP contribution < -0.4 is 20.1 Å². The van der Waals surface area contributed by atoms with E-state index in [1.165, 1.54) is 30.3 Å². The van der Waals surface area contributed by atoms with Gasteiger partial charge in [0.25, 0.3) is 0 Å². The zero-order valence-corrected chi connectivity index (χ0v) is 30.9. The van der Waals surface area contributed by atoms with Crippen molar-refractivity contribution >= 4 is 53.4 Å². The number of benzene rings is 3. The third kappa shape index (κ3) is 12.7. The molecular formula is C38H43Cl2N3O10. The molecule has 3 aromatic rings. The maximum Gasteiger partial charge on any atom is 0.408 e. The van der Waals surface area contributed by atoms with Gasteiger partial charge in [0, 0.05) is 36.6 Å². The smallest absolute Gasteiger partial charge is 0.408 e. The van der Waals surface area contributed by atoms with Gasteiger partial charge in [0.1, 0.15) is 49.0 Å². The summed E-state index contributed by atoms with van der Waals surface area (Å²) in [4.78, 5) is 65.4. The van der Waals surface area contributed by atoms with E-state index < -0.39 is 41.9 Å². The molecule has 1 unspecified atom stereocenters. The molecule has 0 saturated carbocycles. The van der Waals surface area contributed by atoms with E-state index in [-0.39, 0.29) is 52.5 Å². The van der Waals surface area contributed by atoms with Gasteiger partial charge in [0.15, 0.2) is 0 Å². The van der Waals surface area contributed by atoms with Crippen molar-refractivity contribution < 1.29 is 48.0 Å². The number of rotatable bonds is 18. The van der Waals surface area contributed by atoms with E-state index in [9.17, 15) is 29.1 Å². The van der Waals surface area contributed by atoms with Crippen LogP contribution in [0.4, 0.5) is 4.79 Å². The zero-order chi connectivity index (χ0) is 38.3. The minimum Gasteiger partial charge on any atom is -0.491 e. The number of aldehydes is 1. The summed E-state index contributed by atoms with van der Waals surface area (Å²) < 4.78 is 21.9. The average molecular weight is 773 g/mol. The first-order valence-electron chi connectivity index (χ1n) is 17.1. The molecule has 4 rings (SSSR count). The molecule has 1 saturated heterocycles. The molecule has 13 nitrogen and oxygen atoms in total. The number of amides is 2. The highest BCUT2D eigenvalue weighted by Gasteiger charge is 2.30. The van der Waals surface area contributed by atoms with E-state index in [1.54, 1.807) is 30.3 Å². The van der Waals surface area contributed by atoms with Gasteiger partial charge in [-0.25, -0.2) is 9.59 Å². The fourth-order valence-corrected chi connectivity index (χ4v) is 6.15. The van der Waals surface area contributed by atoms with Crippen molar-refractivity contribution in [2.45, 2.75) is 51.3 Å². The molecule has 15 heteroatoms. The summed E-state index contributed by atoms with van der Waals surface area (Å²) in [5.74, 6) is -4.06. The molecule has 3 N–H and O–H groups in total. The molecule has 0 bridgehead atoms. The summed E-state index contributed by atoms with van der Waals surface area (Å²) in [6.07, 6.45) is -0.314. The number of ether oxygens (including phenoxy) is 4. The zero-order valence-electron chi connectivity index (χ0n) is 29.4. The normalized spacial score (nSPS) is 14.7. The fraction of sp³-hybridized carbons (Fsp3) is 0.395. The summed E-state index contributed by atoms with van der Waals surface area (Å²) in [6.45, 7) is 7.53. The second kappa shape index (κ2) is 20.5. The van der Waals surface area contributed by atoms with E-state index in [1.807, 2.05) is 19.9 Å². The van der Waals surface area contributed by atoms with Crippen LogP contribution in [-0.4, -0.2) is 91.8 Å². The molecule has 0 radical (unpaired) electrons. The lowest BCUT2D eigenvalue weighted by molar-refractivity contribution is -0.142. The number of carbonyl (C=O) groups excluding carboxylic acids is 4. The van der Waals surface area contributed by atoms with Crippen molar-refractivity contribution in [3.63, 3.8) is 0 Å². The Morgan fingerprint density at radius 1 is 0.925 bits per heavy atom. The van der Waals surface area contributed by atoms with Gasteiger partial charge >= 0.3 is 18.0 Å². The highest BCUT2D eigenvalue weighted by atomic mass is 35.5. The van der Waals surface area contributed by atoms with Gasteiger partial charge in [-0.05, 0) is 47.7 Å². The number of nitrogens with zero attached hydrogens (tertiary/aromatic N) is 1. The molecule has 3 aromatic carbocycles. The minimum absolute atomic E-state index is 0.00124. The number of nitrogens with one attached hydrogen (secondary N) is 2. The molecule has 0 spiro atoms. The van der Waals surface area contributed by atoms with Crippen molar-refractivity contribution in [2.75, 3.05) is 39.5 Å². The highest BCUT2D eigenvalue weighted by Crippen LogP contribution is 2.38. The Labute approximate surface area is 317 Å². The number of alkyl carbamates (subject to hydrolysis) is 1. The Kier molecular flexibility index (Phi) is 15.9. The third-order valence-corrected chi connectivity index (χ3v) is 9.01. The maximum atomic E-state index is 13.2. The number of morpholine rings is 1. The van der Waals surface area contributed by atoms with E-state index in [2.05, 4.69) is 15.5 Å². The lowest BCUT2D eigenvalue weighted by Gasteiger charge is -2.26. The van der Waals surface area contributed by atoms with Crippen molar-refractivity contribution in [3.8, 4) is 11.5 Å². The van der Waals surface area contributed by atoms with Gasteiger partial charge in [-0.15, -0.1) is 0 Å². The van der Waals surface area contributed by atoms with Crippen molar-refractivity contribution in [2.24, 2.45) is 5.92 Å². The Hall–Kier alpha value is -4.69. The van der Waals surface area contributed by atoms with E-state index in [0.29, 0.717) is 38.2 Å². The second-order valence-corrected chi connectivity index (χ2v) is 13.5. The van der Waals surface area contributed by atoms with E-state index in [0.717, 1.165) is 18.7 Å². The second-order valence-electron chi connectivity index (χ2n) is 12.7. The predicted molar refractivity (Wildman–Crippen MR) is 196 cm³/mol. The average Bonchev–Trinajstić information content (AvgIpc) is 3.14. The molecule has 1 fully saturated rings. The van der Waals surface area contributed by atoms with Gasteiger partial charge in [-0.2, -0.15) is 0 Å². The van der Waals surface area contributed by atoms with Crippen LogP contribution in [0.5, 0.6) is 11.5 Å². The van der Waals surface area contributed by atoms with Crippen LogP contribution in [0.3, 0.4) is 0 Å². The molecule has 53 heavy (non-hydrogen) atoms. The molecule has 0 aliphatic carbocycles. The largest absolute Gasteiger partial charge is 0.491 e. The molecular weight excluding hydrogens is 729 g/mol. The highest BCUT2D eigenvalue weighted by molar-refractivity contribution is 6.37. The van der Waals surface area contributed by atoms with Crippen molar-refractivity contribution in [1.29, 1.82) is 0 Å². The fourth-order valence-electron chi connectivity index (χ4n) is 5.49. The molecule has 1 aliphatic heterocycles. The van der Waals surface area contributed by atoms with Crippen LogP contribution >= 0.6 is 23.2 Å². The Bertz CT molecular complexity index is 1700. The summed E-state index contributed by atoms with van der Waals surface area (Å²) in [5.41, 5.74) is 1.30. The number of carboxylic acids is 1. The first-order chi connectivity index (χ1) is 25.4. The number of halogens is 2. The number of esters is 1. The van der Waals surface area contributed by atoms with Crippen LogP contribution in [0.2, 0.25) is 10.0 Å². The van der Waals surface area contributed by atoms with Gasteiger partial charge in [-0.3, -0.25) is 14.5 Å². The summed E-state index contributed by atoms with van der Waals surface area (Å²) in [5, 5.41) is 15.1. The minimum atomic E-state index is -1.47. The Balaban J connectivity index is 1.35. The molecule has 1 heterocycles. The SMILES string of the molecule is CC(C)C[C@H](NC(=O)OCc1ccccc1)C(=O)N[C@@H](Cc1ccc(OC(=O)C(C=O)c2c(Cl)ccc(OCCN3CCOCC3)c2Cl)cc1)C(=O)O. The lowest BCUT2D eigenvalue weighted by Crippen LogP contribution is -2.52. The van der Waals surface area contributed by atoms with Crippen LogP contribution in [0.15, 0.2) is 66.7 Å². The lowest BCUT2D eigenvalue weighted by atomic mass is 10.00. The Morgan fingerprint density at radius 2 is 1.62 bits per heavy atom. The van der Waals surface area contributed by atoms with Gasteiger partial charge in [-0.1, -0.05) is 79.5 Å². The molecule has 2 amide bonds. The third-order valence-electron chi connectivity index (χ3n) is 8.29. The molecule has 1 aliphatic rings.